The number of hydrazine groups is 1. The highest BCUT2D eigenvalue weighted by molar-refractivity contribution is 6.02. The number of carbonyl (C=O) groups excluding carboxylic acids is 1. The third kappa shape index (κ3) is 3.93. The highest BCUT2D eigenvalue weighted by Crippen LogP contribution is 2.29. The van der Waals surface area contributed by atoms with Crippen LogP contribution < -0.4 is 16.3 Å². The van der Waals surface area contributed by atoms with Crippen LogP contribution in [0.3, 0.4) is 0 Å². The predicted octanol–water partition coefficient (Wildman–Crippen LogP) is 4.44. The maximum atomic E-state index is 12.7. The number of hydrazone groups is 1. The zero-order valence-corrected chi connectivity index (χ0v) is 17.3. The molecule has 5 rings (SSSR count). The van der Waals surface area contributed by atoms with Crippen LogP contribution >= 0.6 is 0 Å². The van der Waals surface area contributed by atoms with Gasteiger partial charge < -0.3 is 0 Å². The van der Waals surface area contributed by atoms with E-state index in [1.165, 1.54) is 21.7 Å². The number of nitrogens with zero attached hydrogens (tertiary/aromatic N) is 1. The summed E-state index contributed by atoms with van der Waals surface area (Å²) in [5.41, 5.74) is 12.1. The van der Waals surface area contributed by atoms with Crippen LogP contribution in [0.1, 0.15) is 30.5 Å². The molecule has 1 amide bonds. The molecule has 5 heteroatoms. The lowest BCUT2D eigenvalue weighted by Crippen LogP contribution is -2.41. The Bertz CT molecular complexity index is 1290. The quantitative estimate of drug-likeness (QED) is 0.345. The second kappa shape index (κ2) is 8.30. The third-order valence-electron chi connectivity index (χ3n) is 5.92. The van der Waals surface area contributed by atoms with Crippen molar-refractivity contribution >= 4 is 33.2 Å². The molecule has 3 N–H and O–H groups in total. The van der Waals surface area contributed by atoms with Gasteiger partial charge in [0.15, 0.2) is 0 Å². The van der Waals surface area contributed by atoms with Gasteiger partial charge in [0.2, 0.25) is 0 Å². The number of hydrogen-bond donors (Lipinski definition) is 3. The fraction of sp³-hybridized carbons (Fsp3) is 0.154. The van der Waals surface area contributed by atoms with Crippen LogP contribution in [0.4, 0.5) is 0 Å². The van der Waals surface area contributed by atoms with Gasteiger partial charge >= 0.3 is 0 Å². The molecule has 0 aliphatic carbocycles. The molecule has 2 unspecified atom stereocenters. The highest BCUT2D eigenvalue weighted by Gasteiger charge is 2.30. The number of nitrogens with one attached hydrogen (secondary N) is 3. The lowest BCUT2D eigenvalue weighted by Gasteiger charge is -2.13. The molecule has 2 atom stereocenters. The van der Waals surface area contributed by atoms with Crippen molar-refractivity contribution < 1.29 is 4.79 Å². The minimum atomic E-state index is -0.350. The summed E-state index contributed by atoms with van der Waals surface area (Å²) in [6.45, 7) is 1.91. The molecular formula is C26H24N4O. The van der Waals surface area contributed by atoms with Gasteiger partial charge in [-0.3, -0.25) is 4.79 Å². The Labute approximate surface area is 181 Å². The maximum Gasteiger partial charge on any atom is 0.258 e. The Morgan fingerprint density at radius 3 is 2.48 bits per heavy atom. The summed E-state index contributed by atoms with van der Waals surface area (Å²) in [7, 11) is 0. The smallest absolute Gasteiger partial charge is 0.258 e. The molecule has 31 heavy (non-hydrogen) atoms. The monoisotopic (exact) mass is 408 g/mol. The lowest BCUT2D eigenvalue weighted by molar-refractivity contribution is -0.122. The summed E-state index contributed by atoms with van der Waals surface area (Å²) in [5.74, 6) is -0.143. The summed E-state index contributed by atoms with van der Waals surface area (Å²) in [5, 5.41) is 9.08. The first-order valence-corrected chi connectivity index (χ1v) is 10.5. The van der Waals surface area contributed by atoms with Crippen LogP contribution in [-0.2, 0) is 4.79 Å². The molecule has 1 heterocycles. The average molecular weight is 409 g/mol. The Kier molecular flexibility index (Phi) is 5.20. The van der Waals surface area contributed by atoms with Gasteiger partial charge in [0.05, 0.1) is 5.71 Å². The van der Waals surface area contributed by atoms with Crippen molar-refractivity contribution in [3.8, 4) is 0 Å². The second-order valence-electron chi connectivity index (χ2n) is 7.93. The van der Waals surface area contributed by atoms with Crippen molar-refractivity contribution in [3.05, 3.63) is 96.1 Å². The van der Waals surface area contributed by atoms with E-state index in [2.05, 4.69) is 76.0 Å². The minimum Gasteiger partial charge on any atom is -0.271 e. The van der Waals surface area contributed by atoms with E-state index in [9.17, 15) is 4.79 Å². The highest BCUT2D eigenvalue weighted by atomic mass is 16.2. The Balaban J connectivity index is 1.27. The van der Waals surface area contributed by atoms with Gasteiger partial charge in [0, 0.05) is 6.04 Å². The van der Waals surface area contributed by atoms with Crippen LogP contribution in [0.25, 0.3) is 21.5 Å². The van der Waals surface area contributed by atoms with Gasteiger partial charge in [-0.05, 0) is 52.1 Å². The van der Waals surface area contributed by atoms with Crippen molar-refractivity contribution in [1.29, 1.82) is 0 Å². The first-order valence-electron chi connectivity index (χ1n) is 10.5. The van der Waals surface area contributed by atoms with E-state index in [0.29, 0.717) is 6.42 Å². The number of carbonyl (C=O) groups is 1. The topological polar surface area (TPSA) is 65.5 Å². The van der Waals surface area contributed by atoms with Crippen molar-refractivity contribution in [2.24, 2.45) is 5.10 Å². The van der Waals surface area contributed by atoms with Gasteiger partial charge in [-0.15, -0.1) is 0 Å². The number of fused-ring (bicyclic) bond motifs is 2. The van der Waals surface area contributed by atoms with Crippen LogP contribution in [0, 0.1) is 0 Å². The molecule has 1 saturated heterocycles. The van der Waals surface area contributed by atoms with E-state index < -0.39 is 0 Å². The Morgan fingerprint density at radius 1 is 0.871 bits per heavy atom. The van der Waals surface area contributed by atoms with E-state index in [0.717, 1.165) is 16.7 Å². The van der Waals surface area contributed by atoms with Gasteiger partial charge in [0.25, 0.3) is 5.91 Å². The maximum absolute atomic E-state index is 12.7. The summed E-state index contributed by atoms with van der Waals surface area (Å²) < 4.78 is 0. The molecule has 0 bridgehead atoms. The van der Waals surface area contributed by atoms with Gasteiger partial charge in [-0.2, -0.15) is 5.10 Å². The zero-order valence-electron chi connectivity index (χ0n) is 17.3. The molecule has 0 radical (unpaired) electrons. The average Bonchev–Trinajstić information content (AvgIpc) is 3.32. The van der Waals surface area contributed by atoms with E-state index in [-0.39, 0.29) is 18.0 Å². The van der Waals surface area contributed by atoms with Crippen molar-refractivity contribution in [2.45, 2.75) is 25.4 Å². The van der Waals surface area contributed by atoms with Crippen LogP contribution in [-0.4, -0.2) is 17.7 Å². The number of hydrogen-bond acceptors (Lipinski definition) is 4. The molecule has 1 fully saturated rings. The zero-order chi connectivity index (χ0) is 21.2. The van der Waals surface area contributed by atoms with E-state index in [1.54, 1.807) is 0 Å². The standard InChI is InChI=1S/C26H24N4O/c1-17(20-14-13-18-7-2-3-9-21(18)15-20)27-30-26(31)25-16-24(28-29-25)23-12-6-10-19-8-4-5-11-22(19)23/h2-15,24-25,28-29H,16H2,1H3,(H,30,31)/b27-17+. The van der Waals surface area contributed by atoms with Crippen LogP contribution in [0.5, 0.6) is 0 Å². The molecule has 0 aromatic heterocycles. The first-order chi connectivity index (χ1) is 15.2. The normalized spacial score (nSPS) is 19.1. The molecule has 154 valence electrons. The Morgan fingerprint density at radius 2 is 1.61 bits per heavy atom. The van der Waals surface area contributed by atoms with Gasteiger partial charge in [-0.25, -0.2) is 16.3 Å². The Hall–Kier alpha value is -3.54. The fourth-order valence-electron chi connectivity index (χ4n) is 4.18. The number of benzene rings is 4. The van der Waals surface area contributed by atoms with E-state index in [4.69, 9.17) is 0 Å². The van der Waals surface area contributed by atoms with Crippen LogP contribution in [0.2, 0.25) is 0 Å². The van der Waals surface area contributed by atoms with Crippen molar-refractivity contribution in [1.82, 2.24) is 16.3 Å². The fourth-order valence-corrected chi connectivity index (χ4v) is 4.18. The SMILES string of the molecule is C/C(=N\NC(=O)C1CC(c2cccc3ccccc23)NN1)c1ccc2ccccc2c1. The second-order valence-corrected chi connectivity index (χ2v) is 7.93. The molecular weight excluding hydrogens is 384 g/mol. The third-order valence-corrected chi connectivity index (χ3v) is 5.92. The summed E-state index contributed by atoms with van der Waals surface area (Å²) >= 11 is 0. The largest absolute Gasteiger partial charge is 0.271 e. The first kappa shape index (κ1) is 19.4. The summed E-state index contributed by atoms with van der Waals surface area (Å²) in [4.78, 5) is 12.7. The number of amides is 1. The molecule has 0 spiro atoms. The van der Waals surface area contributed by atoms with Crippen LogP contribution in [0.15, 0.2) is 90.0 Å². The minimum absolute atomic E-state index is 0.0624. The molecule has 4 aromatic carbocycles. The summed E-state index contributed by atoms with van der Waals surface area (Å²) in [6.07, 6.45) is 0.657. The van der Waals surface area contributed by atoms with Gasteiger partial charge in [0.1, 0.15) is 6.04 Å². The molecule has 1 aliphatic rings. The van der Waals surface area contributed by atoms with Crippen molar-refractivity contribution in [2.75, 3.05) is 0 Å². The van der Waals surface area contributed by atoms with Gasteiger partial charge in [-0.1, -0.05) is 78.9 Å². The molecule has 1 aliphatic heterocycles. The predicted molar refractivity (Wildman–Crippen MR) is 126 cm³/mol. The van der Waals surface area contributed by atoms with Crippen molar-refractivity contribution in [3.63, 3.8) is 0 Å². The summed E-state index contributed by atoms with van der Waals surface area (Å²) in [6, 6.07) is 28.7. The van der Waals surface area contributed by atoms with E-state index in [1.807, 2.05) is 37.3 Å². The lowest BCUT2D eigenvalue weighted by atomic mass is 9.96. The number of rotatable bonds is 4. The molecule has 4 aromatic rings. The molecule has 5 nitrogen and oxygen atoms in total. The molecule has 0 saturated carbocycles. The van der Waals surface area contributed by atoms with E-state index >= 15 is 0 Å².